The zero-order valence-electron chi connectivity index (χ0n) is 11.8. The Morgan fingerprint density at radius 3 is 2.52 bits per heavy atom. The molecule has 2 amide bonds. The molecule has 0 aliphatic rings. The van der Waals surface area contributed by atoms with Crippen LogP contribution >= 0.6 is 0 Å². The summed E-state index contributed by atoms with van der Waals surface area (Å²) in [6.45, 7) is 4.65. The van der Waals surface area contributed by atoms with Gasteiger partial charge in [-0.05, 0) is 28.8 Å². The maximum atomic E-state index is 11.8. The molecule has 0 heterocycles. The van der Waals surface area contributed by atoms with Crippen LogP contribution in [0.5, 0.6) is 0 Å². The summed E-state index contributed by atoms with van der Waals surface area (Å²) in [5.74, 6) is 0. The number of nitrogens with one attached hydrogen (secondary N) is 2. The Labute approximate surface area is 124 Å². The first-order chi connectivity index (χ1) is 10.2. The van der Waals surface area contributed by atoms with Crippen LogP contribution in [0.3, 0.4) is 0 Å². The molecule has 4 heteroatoms. The normalized spacial score (nSPS) is 9.95. The second kappa shape index (κ2) is 7.26. The van der Waals surface area contributed by atoms with Crippen molar-refractivity contribution in [2.75, 3.05) is 5.32 Å². The quantitative estimate of drug-likeness (QED) is 0.788. The van der Waals surface area contributed by atoms with Crippen LogP contribution in [0.4, 0.5) is 10.5 Å². The molecule has 0 atom stereocenters. The molecule has 0 aliphatic heterocycles. The summed E-state index contributed by atoms with van der Waals surface area (Å²) in [7, 11) is 0. The van der Waals surface area contributed by atoms with Crippen LogP contribution in [0, 0.1) is 0 Å². The van der Waals surface area contributed by atoms with Crippen LogP contribution in [0.2, 0.25) is 0 Å². The van der Waals surface area contributed by atoms with Crippen LogP contribution in [0.25, 0.3) is 6.08 Å². The van der Waals surface area contributed by atoms with E-state index in [2.05, 4.69) is 17.2 Å². The highest BCUT2D eigenvalue weighted by Crippen LogP contribution is 2.10. The van der Waals surface area contributed by atoms with Gasteiger partial charge < -0.3 is 16.4 Å². The number of anilines is 1. The molecule has 4 N–H and O–H groups in total. The first-order valence-corrected chi connectivity index (χ1v) is 6.76. The summed E-state index contributed by atoms with van der Waals surface area (Å²) in [4.78, 5) is 11.8. The Balaban J connectivity index is 1.87. The molecule has 2 aromatic carbocycles. The van der Waals surface area contributed by atoms with Gasteiger partial charge in [-0.1, -0.05) is 49.1 Å². The summed E-state index contributed by atoms with van der Waals surface area (Å²) in [5, 5.41) is 5.60. The maximum absolute atomic E-state index is 11.8. The summed E-state index contributed by atoms with van der Waals surface area (Å²) >= 11 is 0. The number of hydrogen-bond donors (Lipinski definition) is 3. The minimum absolute atomic E-state index is 0.237. The number of carbonyl (C=O) groups excluding carboxylic acids is 1. The van der Waals surface area contributed by atoms with E-state index in [0.717, 1.165) is 22.4 Å². The van der Waals surface area contributed by atoms with Gasteiger partial charge in [-0.3, -0.25) is 0 Å². The van der Waals surface area contributed by atoms with E-state index in [-0.39, 0.29) is 6.03 Å². The molecule has 108 valence electrons. The Hall–Kier alpha value is -2.59. The van der Waals surface area contributed by atoms with Crippen molar-refractivity contribution in [1.82, 2.24) is 5.32 Å². The summed E-state index contributed by atoms with van der Waals surface area (Å²) in [6.07, 6.45) is 1.76. The third kappa shape index (κ3) is 4.47. The van der Waals surface area contributed by atoms with E-state index in [4.69, 9.17) is 5.73 Å². The average Bonchev–Trinajstić information content (AvgIpc) is 2.54. The van der Waals surface area contributed by atoms with Crippen molar-refractivity contribution in [2.24, 2.45) is 5.73 Å². The minimum atomic E-state index is -0.237. The molecule has 0 spiro atoms. The molecule has 2 aromatic rings. The summed E-state index contributed by atoms with van der Waals surface area (Å²) in [6, 6.07) is 15.1. The number of urea groups is 1. The molecule has 0 aromatic heterocycles. The molecule has 0 bridgehead atoms. The van der Waals surface area contributed by atoms with E-state index in [1.165, 1.54) is 0 Å². The molecule has 0 unspecified atom stereocenters. The predicted molar refractivity (Wildman–Crippen MR) is 86.7 cm³/mol. The lowest BCUT2D eigenvalue weighted by molar-refractivity contribution is 0.251. The van der Waals surface area contributed by atoms with Gasteiger partial charge in [0.2, 0.25) is 0 Å². The van der Waals surface area contributed by atoms with Gasteiger partial charge >= 0.3 is 6.03 Å². The molecule has 0 radical (unpaired) electrons. The van der Waals surface area contributed by atoms with Gasteiger partial charge in [0.05, 0.1) is 0 Å². The Morgan fingerprint density at radius 2 is 1.86 bits per heavy atom. The Kier molecular flexibility index (Phi) is 5.12. The van der Waals surface area contributed by atoms with Crippen LogP contribution in [-0.2, 0) is 13.1 Å². The Bertz CT molecular complexity index is 620. The van der Waals surface area contributed by atoms with E-state index in [9.17, 15) is 4.79 Å². The van der Waals surface area contributed by atoms with E-state index in [1.807, 2.05) is 48.5 Å². The molecule has 2 rings (SSSR count). The first kappa shape index (κ1) is 14.8. The fourth-order valence-electron chi connectivity index (χ4n) is 1.93. The van der Waals surface area contributed by atoms with Gasteiger partial charge in [0.25, 0.3) is 0 Å². The second-order valence-electron chi connectivity index (χ2n) is 4.66. The zero-order chi connectivity index (χ0) is 15.1. The molecule has 0 saturated carbocycles. The highest BCUT2D eigenvalue weighted by molar-refractivity contribution is 5.89. The van der Waals surface area contributed by atoms with Crippen LogP contribution < -0.4 is 16.4 Å². The number of hydrogen-bond acceptors (Lipinski definition) is 2. The summed E-state index contributed by atoms with van der Waals surface area (Å²) < 4.78 is 0. The van der Waals surface area contributed by atoms with Gasteiger partial charge in [-0.2, -0.15) is 0 Å². The molecule has 21 heavy (non-hydrogen) atoms. The molecule has 0 aliphatic carbocycles. The summed E-state index contributed by atoms with van der Waals surface area (Å²) in [5.41, 5.74) is 9.43. The van der Waals surface area contributed by atoms with Crippen molar-refractivity contribution in [2.45, 2.75) is 13.1 Å². The first-order valence-electron chi connectivity index (χ1n) is 6.76. The Morgan fingerprint density at radius 1 is 1.14 bits per heavy atom. The second-order valence-corrected chi connectivity index (χ2v) is 4.66. The minimum Gasteiger partial charge on any atom is -0.334 e. The number of nitrogens with two attached hydrogens (primary N) is 1. The smallest absolute Gasteiger partial charge is 0.319 e. The highest BCUT2D eigenvalue weighted by Gasteiger charge is 2.02. The van der Waals surface area contributed by atoms with Crippen molar-refractivity contribution in [1.29, 1.82) is 0 Å². The fraction of sp³-hybridized carbons (Fsp3) is 0.118. The topological polar surface area (TPSA) is 67.2 Å². The van der Waals surface area contributed by atoms with Crippen LogP contribution in [0.1, 0.15) is 16.7 Å². The van der Waals surface area contributed by atoms with Gasteiger partial charge in [-0.25, -0.2) is 4.79 Å². The van der Waals surface area contributed by atoms with Crippen LogP contribution in [0.15, 0.2) is 55.1 Å². The van der Waals surface area contributed by atoms with Crippen molar-refractivity contribution >= 4 is 17.8 Å². The molecule has 0 fully saturated rings. The number of benzene rings is 2. The molecular weight excluding hydrogens is 262 g/mol. The fourth-order valence-corrected chi connectivity index (χ4v) is 1.93. The number of amides is 2. The van der Waals surface area contributed by atoms with Crippen molar-refractivity contribution in [3.63, 3.8) is 0 Å². The van der Waals surface area contributed by atoms with E-state index in [1.54, 1.807) is 6.08 Å². The van der Waals surface area contributed by atoms with Crippen molar-refractivity contribution < 1.29 is 4.79 Å². The monoisotopic (exact) mass is 281 g/mol. The van der Waals surface area contributed by atoms with Gasteiger partial charge in [0.15, 0.2) is 0 Å². The van der Waals surface area contributed by atoms with Crippen molar-refractivity contribution in [3.8, 4) is 0 Å². The molecule has 0 saturated heterocycles. The van der Waals surface area contributed by atoms with Crippen LogP contribution in [-0.4, -0.2) is 6.03 Å². The third-order valence-electron chi connectivity index (χ3n) is 3.08. The maximum Gasteiger partial charge on any atom is 0.319 e. The standard InChI is InChI=1S/C17H19N3O/c1-2-13-6-8-16(9-7-13)20-17(21)19-12-15-5-3-4-14(10-15)11-18/h2-10H,1,11-12,18H2,(H2,19,20,21). The van der Waals surface area contributed by atoms with Gasteiger partial charge in [0.1, 0.15) is 0 Å². The average molecular weight is 281 g/mol. The lowest BCUT2D eigenvalue weighted by Crippen LogP contribution is -2.28. The van der Waals surface area contributed by atoms with Crippen molar-refractivity contribution in [3.05, 3.63) is 71.8 Å². The largest absolute Gasteiger partial charge is 0.334 e. The highest BCUT2D eigenvalue weighted by atomic mass is 16.2. The number of carbonyl (C=O) groups is 1. The lowest BCUT2D eigenvalue weighted by atomic mass is 10.1. The van der Waals surface area contributed by atoms with Gasteiger partial charge in [-0.15, -0.1) is 0 Å². The lowest BCUT2D eigenvalue weighted by Gasteiger charge is -2.08. The molecular formula is C17H19N3O. The zero-order valence-corrected chi connectivity index (χ0v) is 11.8. The van der Waals surface area contributed by atoms with Gasteiger partial charge in [0, 0.05) is 18.8 Å². The predicted octanol–water partition coefficient (Wildman–Crippen LogP) is 3.11. The van der Waals surface area contributed by atoms with E-state index in [0.29, 0.717) is 13.1 Å². The van der Waals surface area contributed by atoms with E-state index < -0.39 is 0 Å². The molecule has 4 nitrogen and oxygen atoms in total. The number of rotatable bonds is 5. The third-order valence-corrected chi connectivity index (χ3v) is 3.08. The van der Waals surface area contributed by atoms with E-state index >= 15 is 0 Å². The SMILES string of the molecule is C=Cc1ccc(NC(=O)NCc2cccc(CN)c2)cc1.